The molecule has 170 valence electrons. The van der Waals surface area contributed by atoms with E-state index in [2.05, 4.69) is 10.3 Å². The standard InChI is InChI=1S/C22H22Cl2FN3O3S/c1-12(2)15-9-19(28(11-15)10-14-4-5-17(25)16(23)8-14)21(30)27-22-26-18(20(24)32-22)6-7-31-13(3)29/h4-5,8-9,11-12H,6-7,10H2,1-3H3,(H,26,27,30). The monoisotopic (exact) mass is 497 g/mol. The average Bonchev–Trinajstić information content (AvgIpc) is 3.28. The minimum atomic E-state index is -0.492. The molecule has 0 atom stereocenters. The number of anilines is 1. The van der Waals surface area contributed by atoms with Crippen molar-refractivity contribution < 1.29 is 18.7 Å². The molecule has 0 saturated heterocycles. The second-order valence-corrected chi connectivity index (χ2v) is 9.48. The van der Waals surface area contributed by atoms with Crippen LogP contribution in [0.5, 0.6) is 0 Å². The Balaban J connectivity index is 1.80. The van der Waals surface area contributed by atoms with Gasteiger partial charge in [-0.25, -0.2) is 9.37 Å². The van der Waals surface area contributed by atoms with Crippen LogP contribution >= 0.6 is 34.5 Å². The van der Waals surface area contributed by atoms with Gasteiger partial charge in [-0.2, -0.15) is 0 Å². The number of carbonyl (C=O) groups is 2. The minimum Gasteiger partial charge on any atom is -0.465 e. The number of carbonyl (C=O) groups excluding carboxylic acids is 2. The summed E-state index contributed by atoms with van der Waals surface area (Å²) < 4.78 is 20.6. The average molecular weight is 498 g/mol. The Morgan fingerprint density at radius 1 is 1.28 bits per heavy atom. The Bertz CT molecular complexity index is 1140. The van der Waals surface area contributed by atoms with Crippen LogP contribution in [-0.2, 0) is 22.5 Å². The molecule has 1 N–H and O–H groups in total. The van der Waals surface area contributed by atoms with Gasteiger partial charge in [-0.3, -0.25) is 14.9 Å². The molecule has 2 aromatic heterocycles. The van der Waals surface area contributed by atoms with Crippen molar-refractivity contribution in [2.24, 2.45) is 0 Å². The van der Waals surface area contributed by atoms with Crippen LogP contribution < -0.4 is 5.32 Å². The van der Waals surface area contributed by atoms with E-state index in [0.29, 0.717) is 33.8 Å². The highest BCUT2D eigenvalue weighted by Gasteiger charge is 2.19. The zero-order valence-electron chi connectivity index (χ0n) is 17.7. The number of rotatable bonds is 8. The Morgan fingerprint density at radius 3 is 2.69 bits per heavy atom. The number of aromatic nitrogens is 2. The predicted molar refractivity (Wildman–Crippen MR) is 124 cm³/mol. The molecule has 0 unspecified atom stereocenters. The molecule has 3 aromatic rings. The van der Waals surface area contributed by atoms with E-state index >= 15 is 0 Å². The minimum absolute atomic E-state index is 0.0310. The summed E-state index contributed by atoms with van der Waals surface area (Å²) in [5, 5.41) is 3.17. The third-order valence-corrected chi connectivity index (χ3v) is 6.21. The molecular weight excluding hydrogens is 476 g/mol. The van der Waals surface area contributed by atoms with Crippen molar-refractivity contribution in [2.45, 2.75) is 39.7 Å². The molecule has 3 rings (SSSR count). The fraction of sp³-hybridized carbons (Fsp3) is 0.318. The second kappa shape index (κ2) is 10.5. The lowest BCUT2D eigenvalue weighted by atomic mass is 10.1. The molecule has 1 amide bonds. The highest BCUT2D eigenvalue weighted by Crippen LogP contribution is 2.29. The Morgan fingerprint density at radius 2 is 2.03 bits per heavy atom. The van der Waals surface area contributed by atoms with Crippen LogP contribution in [0.25, 0.3) is 0 Å². The lowest BCUT2D eigenvalue weighted by Gasteiger charge is -2.09. The van der Waals surface area contributed by atoms with Gasteiger partial charge in [0.05, 0.1) is 17.3 Å². The van der Waals surface area contributed by atoms with E-state index in [4.69, 9.17) is 27.9 Å². The molecule has 6 nitrogen and oxygen atoms in total. The number of halogens is 3. The fourth-order valence-electron chi connectivity index (χ4n) is 3.00. The van der Waals surface area contributed by atoms with Crippen LogP contribution in [0.4, 0.5) is 9.52 Å². The van der Waals surface area contributed by atoms with Crippen molar-refractivity contribution in [3.8, 4) is 0 Å². The van der Waals surface area contributed by atoms with Crippen LogP contribution in [0.3, 0.4) is 0 Å². The summed E-state index contributed by atoms with van der Waals surface area (Å²) in [6.45, 7) is 5.90. The SMILES string of the molecule is CC(=O)OCCc1nc(NC(=O)c2cc(C(C)C)cn2Cc2ccc(F)c(Cl)c2)sc1Cl. The number of nitrogens with one attached hydrogen (secondary N) is 1. The van der Waals surface area contributed by atoms with E-state index < -0.39 is 5.82 Å². The molecular formula is C22H22Cl2FN3O3S. The van der Waals surface area contributed by atoms with Crippen molar-refractivity contribution >= 4 is 51.5 Å². The second-order valence-electron chi connectivity index (χ2n) is 7.47. The van der Waals surface area contributed by atoms with Gasteiger partial charge in [0.25, 0.3) is 5.91 Å². The maximum absolute atomic E-state index is 13.5. The number of esters is 1. The van der Waals surface area contributed by atoms with Crippen LogP contribution in [0.15, 0.2) is 30.5 Å². The number of hydrogen-bond acceptors (Lipinski definition) is 5. The van der Waals surface area contributed by atoms with Gasteiger partial charge in [0.2, 0.25) is 0 Å². The first-order chi connectivity index (χ1) is 15.1. The van der Waals surface area contributed by atoms with E-state index in [9.17, 15) is 14.0 Å². The number of benzene rings is 1. The van der Waals surface area contributed by atoms with Gasteiger partial charge < -0.3 is 9.30 Å². The van der Waals surface area contributed by atoms with Gasteiger partial charge in [-0.05, 0) is 35.2 Å². The van der Waals surface area contributed by atoms with Crippen molar-refractivity contribution in [3.63, 3.8) is 0 Å². The van der Waals surface area contributed by atoms with Gasteiger partial charge in [0, 0.05) is 26.1 Å². The third-order valence-electron chi connectivity index (χ3n) is 4.67. The highest BCUT2D eigenvalue weighted by atomic mass is 35.5. The number of thiazole rings is 1. The van der Waals surface area contributed by atoms with E-state index in [1.54, 1.807) is 16.7 Å². The van der Waals surface area contributed by atoms with E-state index in [1.807, 2.05) is 26.1 Å². The Kier molecular flexibility index (Phi) is 7.92. The Hall–Kier alpha value is -2.42. The summed E-state index contributed by atoms with van der Waals surface area (Å²) in [5.74, 6) is -1.01. The fourth-order valence-corrected chi connectivity index (χ4v) is 4.29. The molecule has 0 fully saturated rings. The summed E-state index contributed by atoms with van der Waals surface area (Å²) in [5.41, 5.74) is 2.73. The first kappa shape index (κ1) is 24.2. The number of hydrogen-bond donors (Lipinski definition) is 1. The lowest BCUT2D eigenvalue weighted by molar-refractivity contribution is -0.140. The van der Waals surface area contributed by atoms with Crippen molar-refractivity contribution in [1.82, 2.24) is 9.55 Å². The molecule has 32 heavy (non-hydrogen) atoms. The van der Waals surface area contributed by atoms with Gasteiger partial charge >= 0.3 is 5.97 Å². The van der Waals surface area contributed by atoms with Crippen LogP contribution in [0, 0.1) is 5.82 Å². The number of ether oxygens (including phenoxy) is 1. The topological polar surface area (TPSA) is 73.2 Å². The zero-order valence-corrected chi connectivity index (χ0v) is 20.1. The molecule has 0 saturated carbocycles. The summed E-state index contributed by atoms with van der Waals surface area (Å²) in [6, 6.07) is 6.30. The molecule has 0 spiro atoms. The number of amides is 1. The van der Waals surface area contributed by atoms with Crippen molar-refractivity contribution in [2.75, 3.05) is 11.9 Å². The normalized spacial score (nSPS) is 11.1. The van der Waals surface area contributed by atoms with E-state index in [0.717, 1.165) is 22.5 Å². The largest absolute Gasteiger partial charge is 0.465 e. The van der Waals surface area contributed by atoms with Gasteiger partial charge in [0.1, 0.15) is 15.8 Å². The smallest absolute Gasteiger partial charge is 0.302 e. The Labute approximate surface area is 199 Å². The summed E-state index contributed by atoms with van der Waals surface area (Å²) in [7, 11) is 0. The molecule has 1 aromatic carbocycles. The molecule has 0 radical (unpaired) electrons. The molecule has 0 aliphatic heterocycles. The van der Waals surface area contributed by atoms with Gasteiger partial charge in [-0.15, -0.1) is 0 Å². The van der Waals surface area contributed by atoms with E-state index in [1.165, 1.54) is 13.0 Å². The maximum Gasteiger partial charge on any atom is 0.302 e. The van der Waals surface area contributed by atoms with E-state index in [-0.39, 0.29) is 29.4 Å². The molecule has 0 bridgehead atoms. The maximum atomic E-state index is 13.5. The number of nitrogens with zero attached hydrogens (tertiary/aromatic N) is 2. The van der Waals surface area contributed by atoms with Crippen LogP contribution in [0.1, 0.15) is 54.0 Å². The van der Waals surface area contributed by atoms with Crippen molar-refractivity contribution in [3.05, 3.63) is 68.2 Å². The summed E-state index contributed by atoms with van der Waals surface area (Å²) in [4.78, 5) is 28.3. The molecule has 0 aliphatic carbocycles. The van der Waals surface area contributed by atoms with Crippen molar-refractivity contribution in [1.29, 1.82) is 0 Å². The van der Waals surface area contributed by atoms with Gasteiger partial charge in [0.15, 0.2) is 5.13 Å². The molecule has 0 aliphatic rings. The quantitative estimate of drug-likeness (QED) is 0.392. The first-order valence-corrected chi connectivity index (χ1v) is 11.4. The third kappa shape index (κ3) is 6.09. The predicted octanol–water partition coefficient (Wildman–Crippen LogP) is 5.92. The zero-order chi connectivity index (χ0) is 23.4. The molecule has 2 heterocycles. The van der Waals surface area contributed by atoms with Crippen LogP contribution in [0.2, 0.25) is 9.36 Å². The van der Waals surface area contributed by atoms with Gasteiger partial charge in [-0.1, -0.05) is 54.5 Å². The molecule has 10 heteroatoms. The lowest BCUT2D eigenvalue weighted by Crippen LogP contribution is -2.17. The first-order valence-electron chi connectivity index (χ1n) is 9.88. The highest BCUT2D eigenvalue weighted by molar-refractivity contribution is 7.19. The summed E-state index contributed by atoms with van der Waals surface area (Å²) in [6.07, 6.45) is 2.25. The van der Waals surface area contributed by atoms with Crippen LogP contribution in [-0.4, -0.2) is 28.0 Å². The summed E-state index contributed by atoms with van der Waals surface area (Å²) >= 11 is 13.3.